The highest BCUT2D eigenvalue weighted by Gasteiger charge is 2.11. The molecule has 0 aliphatic rings. The summed E-state index contributed by atoms with van der Waals surface area (Å²) in [5, 5.41) is 10.1. The van der Waals surface area contributed by atoms with Gasteiger partial charge in [-0.2, -0.15) is 5.10 Å². The molecule has 6 nitrogen and oxygen atoms in total. The molecular formula is C16H17N5OS. The van der Waals surface area contributed by atoms with Crippen molar-refractivity contribution in [2.75, 3.05) is 0 Å². The Hall–Kier alpha value is -2.54. The van der Waals surface area contributed by atoms with Gasteiger partial charge in [0.15, 0.2) is 5.82 Å². The van der Waals surface area contributed by atoms with Crippen molar-refractivity contribution in [3.8, 4) is 11.4 Å². The predicted molar refractivity (Wildman–Crippen MR) is 89.2 cm³/mol. The summed E-state index contributed by atoms with van der Waals surface area (Å²) < 4.78 is 1.71. The van der Waals surface area contributed by atoms with Crippen molar-refractivity contribution in [2.45, 2.75) is 20.4 Å². The summed E-state index contributed by atoms with van der Waals surface area (Å²) in [5.74, 6) is 1.32. The smallest absolute Gasteiger partial charge is 0.251 e. The van der Waals surface area contributed by atoms with E-state index in [4.69, 9.17) is 0 Å². The summed E-state index contributed by atoms with van der Waals surface area (Å²) >= 11 is 1.58. The molecule has 0 unspecified atom stereocenters. The van der Waals surface area contributed by atoms with Crippen LogP contribution in [0.15, 0.2) is 29.6 Å². The molecule has 2 aromatic heterocycles. The van der Waals surface area contributed by atoms with E-state index in [1.807, 2.05) is 44.5 Å². The largest absolute Gasteiger partial charge is 0.346 e. The molecule has 0 atom stereocenters. The van der Waals surface area contributed by atoms with Crippen molar-refractivity contribution in [2.24, 2.45) is 7.05 Å². The Morgan fingerprint density at radius 1 is 1.30 bits per heavy atom. The van der Waals surface area contributed by atoms with Gasteiger partial charge in [-0.15, -0.1) is 11.3 Å². The third-order valence-electron chi connectivity index (χ3n) is 3.35. The summed E-state index contributed by atoms with van der Waals surface area (Å²) in [5.41, 5.74) is 2.33. The van der Waals surface area contributed by atoms with E-state index in [-0.39, 0.29) is 5.91 Å². The second kappa shape index (κ2) is 6.29. The molecule has 0 aliphatic carbocycles. The van der Waals surface area contributed by atoms with Crippen LogP contribution < -0.4 is 5.32 Å². The molecule has 23 heavy (non-hydrogen) atoms. The van der Waals surface area contributed by atoms with E-state index in [2.05, 4.69) is 20.4 Å². The van der Waals surface area contributed by atoms with E-state index in [9.17, 15) is 4.79 Å². The fraction of sp³-hybridized carbons (Fsp3) is 0.250. The molecule has 1 N–H and O–H groups in total. The van der Waals surface area contributed by atoms with Gasteiger partial charge in [-0.05, 0) is 26.0 Å². The first-order valence-corrected chi connectivity index (χ1v) is 8.08. The average Bonchev–Trinajstić information content (AvgIpc) is 3.10. The van der Waals surface area contributed by atoms with Gasteiger partial charge < -0.3 is 5.32 Å². The van der Waals surface area contributed by atoms with Crippen molar-refractivity contribution in [3.05, 3.63) is 51.7 Å². The van der Waals surface area contributed by atoms with Crippen LogP contribution in [0.4, 0.5) is 0 Å². The van der Waals surface area contributed by atoms with Crippen LogP contribution in [-0.4, -0.2) is 25.7 Å². The second-order valence-corrected chi connectivity index (χ2v) is 6.29. The van der Waals surface area contributed by atoms with Crippen LogP contribution in [0.3, 0.4) is 0 Å². The average molecular weight is 327 g/mol. The zero-order chi connectivity index (χ0) is 16.4. The van der Waals surface area contributed by atoms with Gasteiger partial charge in [-0.25, -0.2) is 14.6 Å². The van der Waals surface area contributed by atoms with Crippen molar-refractivity contribution in [3.63, 3.8) is 0 Å². The van der Waals surface area contributed by atoms with Gasteiger partial charge in [0.05, 0.1) is 17.2 Å². The SMILES string of the molecule is Cc1nc(-c2cccc(C(=O)NCc3csc(C)n3)c2)n(C)n1. The minimum Gasteiger partial charge on any atom is -0.346 e. The van der Waals surface area contributed by atoms with E-state index in [0.29, 0.717) is 17.9 Å². The van der Waals surface area contributed by atoms with Gasteiger partial charge in [0, 0.05) is 23.6 Å². The number of nitrogens with zero attached hydrogens (tertiary/aromatic N) is 4. The first kappa shape index (κ1) is 15.4. The number of hydrogen-bond donors (Lipinski definition) is 1. The van der Waals surface area contributed by atoms with Gasteiger partial charge in [-0.3, -0.25) is 4.79 Å². The number of rotatable bonds is 4. The lowest BCUT2D eigenvalue weighted by Gasteiger charge is -2.06. The summed E-state index contributed by atoms with van der Waals surface area (Å²) in [6.45, 7) is 4.22. The summed E-state index contributed by atoms with van der Waals surface area (Å²) in [6, 6.07) is 7.38. The summed E-state index contributed by atoms with van der Waals surface area (Å²) in [6.07, 6.45) is 0. The van der Waals surface area contributed by atoms with Crippen molar-refractivity contribution in [1.82, 2.24) is 25.1 Å². The first-order valence-electron chi connectivity index (χ1n) is 7.20. The zero-order valence-corrected chi connectivity index (χ0v) is 14.0. The normalized spacial score (nSPS) is 10.7. The molecule has 1 amide bonds. The van der Waals surface area contributed by atoms with Crippen LogP contribution in [0.25, 0.3) is 11.4 Å². The summed E-state index contributed by atoms with van der Waals surface area (Å²) in [7, 11) is 1.84. The van der Waals surface area contributed by atoms with Crippen LogP contribution >= 0.6 is 11.3 Å². The Kier molecular flexibility index (Phi) is 4.20. The van der Waals surface area contributed by atoms with Crippen LogP contribution in [0.1, 0.15) is 26.9 Å². The maximum Gasteiger partial charge on any atom is 0.251 e. The Labute approximate surface area is 138 Å². The number of amides is 1. The zero-order valence-electron chi connectivity index (χ0n) is 13.2. The number of nitrogens with one attached hydrogen (secondary N) is 1. The molecule has 3 rings (SSSR count). The minimum absolute atomic E-state index is 0.128. The van der Waals surface area contributed by atoms with E-state index in [0.717, 1.165) is 22.1 Å². The van der Waals surface area contributed by atoms with Crippen molar-refractivity contribution >= 4 is 17.2 Å². The number of thiazole rings is 1. The Morgan fingerprint density at radius 3 is 2.78 bits per heavy atom. The topological polar surface area (TPSA) is 72.7 Å². The maximum atomic E-state index is 12.3. The number of carbonyl (C=O) groups is 1. The molecule has 2 heterocycles. The standard InChI is InChI=1S/C16H17N5OS/c1-10-18-15(21(3)20-10)12-5-4-6-13(7-12)16(22)17-8-14-9-23-11(2)19-14/h4-7,9H,8H2,1-3H3,(H,17,22). The number of carbonyl (C=O) groups excluding carboxylic acids is 1. The monoisotopic (exact) mass is 327 g/mol. The lowest BCUT2D eigenvalue weighted by molar-refractivity contribution is 0.0950. The van der Waals surface area contributed by atoms with Crippen LogP contribution in [0.5, 0.6) is 0 Å². The number of benzene rings is 1. The molecule has 0 aliphatic heterocycles. The molecule has 0 fully saturated rings. The van der Waals surface area contributed by atoms with Crippen LogP contribution in [0, 0.1) is 13.8 Å². The first-order chi connectivity index (χ1) is 11.0. The number of aryl methyl sites for hydroxylation is 3. The van der Waals surface area contributed by atoms with Crippen molar-refractivity contribution < 1.29 is 4.79 Å². The molecule has 7 heteroatoms. The Balaban J connectivity index is 1.76. The third-order valence-corrected chi connectivity index (χ3v) is 4.17. The number of hydrogen-bond acceptors (Lipinski definition) is 5. The van der Waals surface area contributed by atoms with Gasteiger partial charge in [0.2, 0.25) is 0 Å². The molecule has 0 spiro atoms. The number of aromatic nitrogens is 4. The maximum absolute atomic E-state index is 12.3. The van der Waals surface area contributed by atoms with E-state index in [1.54, 1.807) is 22.1 Å². The molecule has 0 saturated heterocycles. The highest BCUT2D eigenvalue weighted by molar-refractivity contribution is 7.09. The molecule has 3 aromatic rings. The van der Waals surface area contributed by atoms with Gasteiger partial charge in [0.25, 0.3) is 5.91 Å². The van der Waals surface area contributed by atoms with Crippen LogP contribution in [-0.2, 0) is 13.6 Å². The lowest BCUT2D eigenvalue weighted by Crippen LogP contribution is -2.23. The molecule has 0 radical (unpaired) electrons. The second-order valence-electron chi connectivity index (χ2n) is 5.23. The Morgan fingerprint density at radius 2 is 2.13 bits per heavy atom. The van der Waals surface area contributed by atoms with Crippen LogP contribution in [0.2, 0.25) is 0 Å². The Bertz CT molecular complexity index is 852. The highest BCUT2D eigenvalue weighted by atomic mass is 32.1. The summed E-state index contributed by atoms with van der Waals surface area (Å²) in [4.78, 5) is 21.0. The van der Waals surface area contributed by atoms with Gasteiger partial charge in [0.1, 0.15) is 5.82 Å². The third kappa shape index (κ3) is 3.45. The predicted octanol–water partition coefficient (Wildman–Crippen LogP) is 2.49. The molecule has 0 saturated carbocycles. The molecule has 1 aromatic carbocycles. The molecule has 0 bridgehead atoms. The van der Waals surface area contributed by atoms with E-state index >= 15 is 0 Å². The molecular weight excluding hydrogens is 310 g/mol. The molecule has 118 valence electrons. The van der Waals surface area contributed by atoms with Gasteiger partial charge >= 0.3 is 0 Å². The lowest BCUT2D eigenvalue weighted by atomic mass is 10.1. The fourth-order valence-corrected chi connectivity index (χ4v) is 2.94. The van der Waals surface area contributed by atoms with Gasteiger partial charge in [-0.1, -0.05) is 12.1 Å². The van der Waals surface area contributed by atoms with E-state index in [1.165, 1.54) is 0 Å². The highest BCUT2D eigenvalue weighted by Crippen LogP contribution is 2.18. The minimum atomic E-state index is -0.128. The van der Waals surface area contributed by atoms with Crippen molar-refractivity contribution in [1.29, 1.82) is 0 Å². The van der Waals surface area contributed by atoms with E-state index < -0.39 is 0 Å². The fourth-order valence-electron chi connectivity index (χ4n) is 2.33. The quantitative estimate of drug-likeness (QED) is 0.799.